The van der Waals surface area contributed by atoms with Crippen LogP contribution in [0, 0.1) is 17.8 Å². The van der Waals surface area contributed by atoms with E-state index in [9.17, 15) is 8.42 Å². The second-order valence-corrected chi connectivity index (χ2v) is 7.67. The Labute approximate surface area is 120 Å². The predicted octanol–water partition coefficient (Wildman–Crippen LogP) is 1.25. The molecule has 20 heavy (non-hydrogen) atoms. The van der Waals surface area contributed by atoms with Crippen molar-refractivity contribution in [1.82, 2.24) is 9.71 Å². The number of nitrogens with two attached hydrogens (primary N) is 1. The Morgan fingerprint density at radius 1 is 1.35 bits per heavy atom. The van der Waals surface area contributed by atoms with Crippen LogP contribution in [-0.2, 0) is 16.6 Å². The standard InChI is InChI=1S/C14H21N3O2S/c15-8-13-14(2-1-5-16-13)20(18,19)17-9-12-7-10-3-4-11(12)6-10/h1-2,5,10-12,17H,3-4,6-9,15H2. The van der Waals surface area contributed by atoms with Crippen LogP contribution in [-0.4, -0.2) is 19.9 Å². The third kappa shape index (κ3) is 2.60. The first kappa shape index (κ1) is 14.0. The fraction of sp³-hybridized carbons (Fsp3) is 0.643. The third-order valence-corrected chi connectivity index (χ3v) is 6.25. The average molecular weight is 295 g/mol. The first-order valence-corrected chi connectivity index (χ1v) is 8.72. The van der Waals surface area contributed by atoms with Crippen LogP contribution in [0.2, 0.25) is 0 Å². The summed E-state index contributed by atoms with van der Waals surface area (Å²) >= 11 is 0. The highest BCUT2D eigenvalue weighted by Crippen LogP contribution is 2.48. The van der Waals surface area contributed by atoms with Crippen LogP contribution in [0.5, 0.6) is 0 Å². The van der Waals surface area contributed by atoms with E-state index < -0.39 is 10.0 Å². The number of aromatic nitrogens is 1. The van der Waals surface area contributed by atoms with Gasteiger partial charge in [-0.1, -0.05) is 6.42 Å². The summed E-state index contributed by atoms with van der Waals surface area (Å²) in [7, 11) is -3.50. The zero-order valence-corrected chi connectivity index (χ0v) is 12.3. The van der Waals surface area contributed by atoms with Crippen LogP contribution in [0.1, 0.15) is 31.4 Å². The highest BCUT2D eigenvalue weighted by molar-refractivity contribution is 7.89. The number of sulfonamides is 1. The molecule has 3 rings (SSSR count). The molecular weight excluding hydrogens is 274 g/mol. The molecule has 0 saturated heterocycles. The fourth-order valence-electron chi connectivity index (χ4n) is 3.74. The van der Waals surface area contributed by atoms with E-state index in [0.29, 0.717) is 24.1 Å². The number of nitrogens with zero attached hydrogens (tertiary/aromatic N) is 1. The zero-order valence-electron chi connectivity index (χ0n) is 11.5. The Kier molecular flexibility index (Phi) is 3.79. The number of rotatable bonds is 5. The lowest BCUT2D eigenvalue weighted by atomic mass is 9.89. The smallest absolute Gasteiger partial charge is 0.242 e. The van der Waals surface area contributed by atoms with E-state index in [1.807, 2.05) is 0 Å². The molecule has 0 radical (unpaired) electrons. The van der Waals surface area contributed by atoms with Crippen molar-refractivity contribution in [1.29, 1.82) is 0 Å². The van der Waals surface area contributed by atoms with Crippen molar-refractivity contribution >= 4 is 10.0 Å². The van der Waals surface area contributed by atoms with Crippen molar-refractivity contribution in [2.45, 2.75) is 37.1 Å². The van der Waals surface area contributed by atoms with Crippen LogP contribution in [0.4, 0.5) is 0 Å². The monoisotopic (exact) mass is 295 g/mol. The first-order valence-electron chi connectivity index (χ1n) is 7.24. The number of pyridine rings is 1. The van der Waals surface area contributed by atoms with Crippen molar-refractivity contribution in [3.8, 4) is 0 Å². The molecule has 3 N–H and O–H groups in total. The summed E-state index contributed by atoms with van der Waals surface area (Å²) in [4.78, 5) is 4.25. The normalized spacial score (nSPS) is 28.9. The Morgan fingerprint density at radius 3 is 2.85 bits per heavy atom. The minimum atomic E-state index is -3.50. The third-order valence-electron chi connectivity index (χ3n) is 4.75. The molecule has 110 valence electrons. The van der Waals surface area contributed by atoms with Gasteiger partial charge < -0.3 is 5.73 Å². The summed E-state index contributed by atoms with van der Waals surface area (Å²) < 4.78 is 27.5. The molecular formula is C14H21N3O2S. The summed E-state index contributed by atoms with van der Waals surface area (Å²) in [6, 6.07) is 3.20. The van der Waals surface area contributed by atoms with Crippen molar-refractivity contribution < 1.29 is 8.42 Å². The van der Waals surface area contributed by atoms with E-state index in [2.05, 4.69) is 9.71 Å². The van der Waals surface area contributed by atoms with Gasteiger partial charge in [0.25, 0.3) is 0 Å². The lowest BCUT2D eigenvalue weighted by molar-refractivity contribution is 0.332. The molecule has 2 saturated carbocycles. The van der Waals surface area contributed by atoms with Gasteiger partial charge in [0.1, 0.15) is 4.90 Å². The Bertz CT molecular complexity index is 588. The molecule has 0 aromatic carbocycles. The molecule has 1 aromatic heterocycles. The summed E-state index contributed by atoms with van der Waals surface area (Å²) in [5, 5.41) is 0. The molecule has 2 aliphatic carbocycles. The molecule has 5 nitrogen and oxygen atoms in total. The maximum Gasteiger partial charge on any atom is 0.242 e. The predicted molar refractivity (Wildman–Crippen MR) is 76.3 cm³/mol. The second kappa shape index (κ2) is 5.42. The highest BCUT2D eigenvalue weighted by atomic mass is 32.2. The molecule has 6 heteroatoms. The summed E-state index contributed by atoms with van der Waals surface area (Å²) in [6.07, 6.45) is 6.61. The van der Waals surface area contributed by atoms with Crippen molar-refractivity contribution in [3.63, 3.8) is 0 Å². The van der Waals surface area contributed by atoms with Gasteiger partial charge in [0, 0.05) is 19.3 Å². The zero-order chi connectivity index (χ0) is 14.2. The lowest BCUT2D eigenvalue weighted by Crippen LogP contribution is -2.32. The minimum absolute atomic E-state index is 0.130. The molecule has 1 heterocycles. The van der Waals surface area contributed by atoms with Crippen LogP contribution >= 0.6 is 0 Å². The summed E-state index contributed by atoms with van der Waals surface area (Å²) in [6.45, 7) is 0.674. The van der Waals surface area contributed by atoms with Gasteiger partial charge in [-0.2, -0.15) is 0 Å². The first-order chi connectivity index (χ1) is 9.60. The molecule has 0 amide bonds. The average Bonchev–Trinajstić information content (AvgIpc) is 3.07. The second-order valence-electron chi connectivity index (χ2n) is 5.94. The van der Waals surface area contributed by atoms with E-state index in [4.69, 9.17) is 5.73 Å². The van der Waals surface area contributed by atoms with Gasteiger partial charge >= 0.3 is 0 Å². The topological polar surface area (TPSA) is 85.1 Å². The fourth-order valence-corrected chi connectivity index (χ4v) is 5.04. The molecule has 0 aliphatic heterocycles. The Hall–Kier alpha value is -0.980. The largest absolute Gasteiger partial charge is 0.325 e. The summed E-state index contributed by atoms with van der Waals surface area (Å²) in [5.41, 5.74) is 5.98. The van der Waals surface area contributed by atoms with Gasteiger partial charge in [0.2, 0.25) is 10.0 Å². The molecule has 2 fully saturated rings. The van der Waals surface area contributed by atoms with E-state index >= 15 is 0 Å². The van der Waals surface area contributed by atoms with Gasteiger partial charge in [-0.05, 0) is 49.1 Å². The maximum atomic E-state index is 12.4. The Morgan fingerprint density at radius 2 is 2.20 bits per heavy atom. The molecule has 3 atom stereocenters. The van der Waals surface area contributed by atoms with Crippen molar-refractivity contribution in [2.24, 2.45) is 23.5 Å². The minimum Gasteiger partial charge on any atom is -0.325 e. The SMILES string of the molecule is NCc1ncccc1S(=O)(=O)NCC1CC2CCC1C2. The molecule has 3 unspecified atom stereocenters. The molecule has 2 bridgehead atoms. The van der Waals surface area contributed by atoms with Gasteiger partial charge in [0.05, 0.1) is 5.69 Å². The van der Waals surface area contributed by atoms with E-state index in [-0.39, 0.29) is 11.4 Å². The molecule has 0 spiro atoms. The quantitative estimate of drug-likeness (QED) is 0.856. The van der Waals surface area contributed by atoms with Gasteiger partial charge in [-0.15, -0.1) is 0 Å². The van der Waals surface area contributed by atoms with E-state index in [0.717, 1.165) is 5.92 Å². The van der Waals surface area contributed by atoms with E-state index in [1.165, 1.54) is 25.7 Å². The number of hydrogen-bond donors (Lipinski definition) is 2. The van der Waals surface area contributed by atoms with Gasteiger partial charge in [0.15, 0.2) is 0 Å². The van der Waals surface area contributed by atoms with Crippen LogP contribution in [0.25, 0.3) is 0 Å². The summed E-state index contributed by atoms with van der Waals surface area (Å²) in [5.74, 6) is 2.04. The number of hydrogen-bond acceptors (Lipinski definition) is 4. The van der Waals surface area contributed by atoms with Crippen LogP contribution in [0.3, 0.4) is 0 Å². The highest BCUT2D eigenvalue weighted by Gasteiger charge is 2.39. The number of nitrogens with one attached hydrogen (secondary N) is 1. The van der Waals surface area contributed by atoms with Crippen molar-refractivity contribution in [2.75, 3.05) is 6.54 Å². The maximum absolute atomic E-state index is 12.4. The van der Waals surface area contributed by atoms with Crippen LogP contribution < -0.4 is 10.5 Å². The molecule has 1 aromatic rings. The number of fused-ring (bicyclic) bond motifs is 2. The van der Waals surface area contributed by atoms with Gasteiger partial charge in [-0.25, -0.2) is 13.1 Å². The van der Waals surface area contributed by atoms with E-state index in [1.54, 1.807) is 18.3 Å². The molecule has 2 aliphatic rings. The lowest BCUT2D eigenvalue weighted by Gasteiger charge is -2.22. The van der Waals surface area contributed by atoms with Gasteiger partial charge in [-0.3, -0.25) is 4.98 Å². The Balaban J connectivity index is 1.69. The van der Waals surface area contributed by atoms with Crippen LogP contribution in [0.15, 0.2) is 23.2 Å². The van der Waals surface area contributed by atoms with Crippen molar-refractivity contribution in [3.05, 3.63) is 24.0 Å².